The predicted octanol–water partition coefficient (Wildman–Crippen LogP) is 3.59. The van der Waals surface area contributed by atoms with E-state index < -0.39 is 5.60 Å². The summed E-state index contributed by atoms with van der Waals surface area (Å²) in [6.07, 6.45) is 1.52. The van der Waals surface area contributed by atoms with Gasteiger partial charge < -0.3 is 4.74 Å². The molecule has 88 valence electrons. The number of hydrogen-bond donors (Lipinski definition) is 0. The summed E-state index contributed by atoms with van der Waals surface area (Å²) in [6, 6.07) is 14.0. The first-order valence-electron chi connectivity index (χ1n) is 5.81. The molecule has 1 atom stereocenters. The number of hydrogen-bond acceptors (Lipinski definition) is 2. The summed E-state index contributed by atoms with van der Waals surface area (Å²) in [5.41, 5.74) is -0.734. The lowest BCUT2D eigenvalue weighted by molar-refractivity contribution is -0.120. The van der Waals surface area contributed by atoms with Gasteiger partial charge in [0.2, 0.25) is 0 Å². The molecule has 2 aromatic rings. The summed E-state index contributed by atoms with van der Waals surface area (Å²) in [6.45, 7) is 3.74. The second-order valence-electron chi connectivity index (χ2n) is 4.40. The molecular weight excluding hydrogens is 212 g/mol. The number of rotatable bonds is 4. The zero-order valence-electron chi connectivity index (χ0n) is 10.1. The molecule has 2 nitrogen and oxygen atoms in total. The summed E-state index contributed by atoms with van der Waals surface area (Å²) < 4.78 is 5.74. The van der Waals surface area contributed by atoms with Gasteiger partial charge in [0.1, 0.15) is 5.75 Å². The smallest absolute Gasteiger partial charge is 0.163 e. The minimum Gasteiger partial charge on any atom is -0.480 e. The van der Waals surface area contributed by atoms with Gasteiger partial charge in [-0.25, -0.2) is 0 Å². The molecule has 0 bridgehead atoms. The molecule has 0 spiro atoms. The van der Waals surface area contributed by atoms with Crippen LogP contribution >= 0.6 is 0 Å². The Hall–Kier alpha value is -1.83. The number of ether oxygens (including phenoxy) is 1. The van der Waals surface area contributed by atoms with E-state index in [1.165, 1.54) is 5.39 Å². The molecule has 2 heteroatoms. The average Bonchev–Trinajstić information content (AvgIpc) is 2.38. The number of benzene rings is 2. The van der Waals surface area contributed by atoms with E-state index in [0.717, 1.165) is 17.4 Å². The van der Waals surface area contributed by atoms with E-state index in [2.05, 4.69) is 6.07 Å². The molecule has 0 saturated heterocycles. The van der Waals surface area contributed by atoms with Crippen molar-refractivity contribution >= 4 is 17.1 Å². The second-order valence-corrected chi connectivity index (χ2v) is 4.40. The molecule has 1 unspecified atom stereocenters. The Morgan fingerprint density at radius 2 is 1.88 bits per heavy atom. The Kier molecular flexibility index (Phi) is 3.14. The van der Waals surface area contributed by atoms with Crippen LogP contribution in [0.3, 0.4) is 0 Å². The first-order chi connectivity index (χ1) is 8.17. The van der Waals surface area contributed by atoms with Crippen molar-refractivity contribution in [2.75, 3.05) is 0 Å². The fourth-order valence-electron chi connectivity index (χ4n) is 1.68. The van der Waals surface area contributed by atoms with Crippen molar-refractivity contribution in [3.05, 3.63) is 42.5 Å². The molecule has 0 radical (unpaired) electrons. The molecule has 17 heavy (non-hydrogen) atoms. The highest BCUT2D eigenvalue weighted by atomic mass is 16.5. The highest BCUT2D eigenvalue weighted by molar-refractivity contribution is 5.83. The monoisotopic (exact) mass is 228 g/mol. The fraction of sp³-hybridized carbons (Fsp3) is 0.267. The van der Waals surface area contributed by atoms with Crippen molar-refractivity contribution in [1.29, 1.82) is 0 Å². The van der Waals surface area contributed by atoms with Crippen LogP contribution in [0.25, 0.3) is 10.8 Å². The zero-order valence-corrected chi connectivity index (χ0v) is 10.1. The molecule has 2 rings (SSSR count). The maximum atomic E-state index is 11.0. The summed E-state index contributed by atoms with van der Waals surface area (Å²) in [4.78, 5) is 11.0. The largest absolute Gasteiger partial charge is 0.480 e. The van der Waals surface area contributed by atoms with Gasteiger partial charge >= 0.3 is 0 Å². The van der Waals surface area contributed by atoms with Gasteiger partial charge in [0, 0.05) is 0 Å². The minimum atomic E-state index is -0.734. The molecule has 0 fully saturated rings. The van der Waals surface area contributed by atoms with Crippen LogP contribution in [0, 0.1) is 0 Å². The predicted molar refractivity (Wildman–Crippen MR) is 69.3 cm³/mol. The van der Waals surface area contributed by atoms with E-state index in [1.54, 1.807) is 6.92 Å². The molecule has 0 aliphatic heterocycles. The standard InChI is InChI=1S/C15H16O2/c1-3-15(2,11-16)17-14-9-8-12-6-4-5-7-13(12)10-14/h4-11H,3H2,1-2H3. The first-order valence-corrected chi connectivity index (χ1v) is 5.81. The molecule has 2 aromatic carbocycles. The highest BCUT2D eigenvalue weighted by Gasteiger charge is 2.22. The lowest BCUT2D eigenvalue weighted by Crippen LogP contribution is -2.33. The van der Waals surface area contributed by atoms with Crippen molar-refractivity contribution in [2.45, 2.75) is 25.9 Å². The van der Waals surface area contributed by atoms with Crippen molar-refractivity contribution in [3.8, 4) is 5.75 Å². The number of carbonyl (C=O) groups excluding carboxylic acids is 1. The van der Waals surface area contributed by atoms with Gasteiger partial charge in [-0.1, -0.05) is 37.3 Å². The Bertz CT molecular complexity index is 533. The number of aldehydes is 1. The summed E-state index contributed by atoms with van der Waals surface area (Å²) >= 11 is 0. The van der Waals surface area contributed by atoms with E-state index in [-0.39, 0.29) is 0 Å². The van der Waals surface area contributed by atoms with E-state index in [4.69, 9.17) is 4.74 Å². The van der Waals surface area contributed by atoms with Crippen LogP contribution in [0.4, 0.5) is 0 Å². The number of carbonyl (C=O) groups is 1. The van der Waals surface area contributed by atoms with Crippen molar-refractivity contribution in [2.24, 2.45) is 0 Å². The molecule has 0 saturated carbocycles. The minimum absolute atomic E-state index is 0.656. The van der Waals surface area contributed by atoms with E-state index in [0.29, 0.717) is 6.42 Å². The van der Waals surface area contributed by atoms with E-state index in [9.17, 15) is 4.79 Å². The Balaban J connectivity index is 2.34. The van der Waals surface area contributed by atoms with Gasteiger partial charge in [0.05, 0.1) is 0 Å². The van der Waals surface area contributed by atoms with Crippen LogP contribution in [0.2, 0.25) is 0 Å². The van der Waals surface area contributed by atoms with Crippen LogP contribution in [-0.2, 0) is 4.79 Å². The summed E-state index contributed by atoms with van der Waals surface area (Å²) in [7, 11) is 0. The van der Waals surface area contributed by atoms with Crippen LogP contribution < -0.4 is 4.74 Å². The normalized spacial score (nSPS) is 14.2. The SMILES string of the molecule is CCC(C)(C=O)Oc1ccc2ccccc2c1. The van der Waals surface area contributed by atoms with Gasteiger partial charge in [0.25, 0.3) is 0 Å². The third kappa shape index (κ3) is 2.47. The summed E-state index contributed by atoms with van der Waals surface area (Å²) in [5.74, 6) is 0.736. The van der Waals surface area contributed by atoms with Crippen LogP contribution in [0.5, 0.6) is 5.75 Å². The van der Waals surface area contributed by atoms with Gasteiger partial charge in [-0.3, -0.25) is 4.79 Å². The highest BCUT2D eigenvalue weighted by Crippen LogP contribution is 2.24. The molecule has 0 aliphatic rings. The molecule has 0 amide bonds. The van der Waals surface area contributed by atoms with Gasteiger partial charge in [-0.2, -0.15) is 0 Å². The maximum absolute atomic E-state index is 11.0. The van der Waals surface area contributed by atoms with Crippen LogP contribution in [0.1, 0.15) is 20.3 Å². The van der Waals surface area contributed by atoms with Gasteiger partial charge in [-0.05, 0) is 36.2 Å². The second kappa shape index (κ2) is 4.58. The maximum Gasteiger partial charge on any atom is 0.163 e. The molecule has 0 aromatic heterocycles. The van der Waals surface area contributed by atoms with Gasteiger partial charge in [0.15, 0.2) is 11.9 Å². The third-order valence-electron chi connectivity index (χ3n) is 3.02. The van der Waals surface area contributed by atoms with Crippen LogP contribution in [-0.4, -0.2) is 11.9 Å². The fourth-order valence-corrected chi connectivity index (χ4v) is 1.68. The van der Waals surface area contributed by atoms with Crippen molar-refractivity contribution in [1.82, 2.24) is 0 Å². The molecule has 0 N–H and O–H groups in total. The Labute approximate surface area is 101 Å². The van der Waals surface area contributed by atoms with Gasteiger partial charge in [-0.15, -0.1) is 0 Å². The number of fused-ring (bicyclic) bond motifs is 1. The zero-order chi connectivity index (χ0) is 12.3. The average molecular weight is 228 g/mol. The van der Waals surface area contributed by atoms with Crippen molar-refractivity contribution in [3.63, 3.8) is 0 Å². The van der Waals surface area contributed by atoms with Crippen LogP contribution in [0.15, 0.2) is 42.5 Å². The van der Waals surface area contributed by atoms with E-state index in [1.807, 2.05) is 43.3 Å². The quantitative estimate of drug-likeness (QED) is 0.747. The Morgan fingerprint density at radius 3 is 2.53 bits per heavy atom. The molecule has 0 heterocycles. The van der Waals surface area contributed by atoms with Crippen molar-refractivity contribution < 1.29 is 9.53 Å². The molecule has 0 aliphatic carbocycles. The molecular formula is C15H16O2. The van der Waals surface area contributed by atoms with E-state index >= 15 is 0 Å². The third-order valence-corrected chi connectivity index (χ3v) is 3.02. The topological polar surface area (TPSA) is 26.3 Å². The lowest BCUT2D eigenvalue weighted by Gasteiger charge is -2.23. The Morgan fingerprint density at radius 1 is 1.18 bits per heavy atom. The lowest BCUT2D eigenvalue weighted by atomic mass is 10.1. The first kappa shape index (κ1) is 11.6. The summed E-state index contributed by atoms with van der Waals surface area (Å²) in [5, 5.41) is 2.29.